The fraction of sp³-hybridized carbons (Fsp3) is 0.300. The average molecular weight is 353 g/mol. The van der Waals surface area contributed by atoms with E-state index >= 15 is 0 Å². The van der Waals surface area contributed by atoms with Crippen molar-refractivity contribution >= 4 is 12.0 Å². The molecule has 4 N–H and O–H groups in total. The minimum Gasteiger partial charge on any atom is -0.449 e. The lowest BCUT2D eigenvalue weighted by Gasteiger charge is -2.18. The zero-order valence-electron chi connectivity index (χ0n) is 14.7. The number of fused-ring (bicyclic) bond motifs is 3. The fourth-order valence-corrected chi connectivity index (χ4v) is 3.39. The van der Waals surface area contributed by atoms with Gasteiger partial charge >= 0.3 is 6.09 Å². The van der Waals surface area contributed by atoms with E-state index in [1.807, 2.05) is 24.3 Å². The van der Waals surface area contributed by atoms with E-state index in [1.54, 1.807) is 0 Å². The van der Waals surface area contributed by atoms with Crippen LogP contribution >= 0.6 is 0 Å². The molecule has 1 aliphatic rings. The number of likely N-dealkylation sites (N-methyl/N-ethyl adjacent to an activating group) is 1. The largest absolute Gasteiger partial charge is 0.449 e. The highest BCUT2D eigenvalue weighted by Crippen LogP contribution is 2.44. The number of hydrogen-bond donors (Lipinski definition) is 3. The highest BCUT2D eigenvalue weighted by atomic mass is 16.5. The van der Waals surface area contributed by atoms with Gasteiger partial charge in [0.15, 0.2) is 0 Å². The van der Waals surface area contributed by atoms with Gasteiger partial charge in [-0.1, -0.05) is 48.5 Å². The van der Waals surface area contributed by atoms with Crippen molar-refractivity contribution in [2.24, 2.45) is 5.73 Å². The van der Waals surface area contributed by atoms with Crippen LogP contribution < -0.4 is 16.4 Å². The molecule has 0 bridgehead atoms. The average Bonchev–Trinajstić information content (AvgIpc) is 2.99. The van der Waals surface area contributed by atoms with Gasteiger partial charge in [0.2, 0.25) is 5.91 Å². The predicted molar refractivity (Wildman–Crippen MR) is 99.7 cm³/mol. The van der Waals surface area contributed by atoms with E-state index in [2.05, 4.69) is 34.9 Å². The Morgan fingerprint density at radius 2 is 1.65 bits per heavy atom. The summed E-state index contributed by atoms with van der Waals surface area (Å²) in [5, 5.41) is 5.10. The van der Waals surface area contributed by atoms with Crippen LogP contribution in [0.5, 0.6) is 0 Å². The molecule has 136 valence electrons. The number of alkyl carbamates (subject to hydrolysis) is 1. The monoisotopic (exact) mass is 353 g/mol. The summed E-state index contributed by atoms with van der Waals surface area (Å²) < 4.78 is 5.44. The molecule has 0 saturated carbocycles. The molecule has 1 aliphatic carbocycles. The van der Waals surface area contributed by atoms with Crippen LogP contribution in [0.3, 0.4) is 0 Å². The first-order valence-electron chi connectivity index (χ1n) is 8.69. The van der Waals surface area contributed by atoms with Crippen LogP contribution in [0.15, 0.2) is 48.5 Å². The lowest BCUT2D eigenvalue weighted by Crippen LogP contribution is -2.47. The molecule has 6 heteroatoms. The zero-order valence-corrected chi connectivity index (χ0v) is 14.7. The number of hydrogen-bond acceptors (Lipinski definition) is 4. The maximum absolute atomic E-state index is 12.2. The summed E-state index contributed by atoms with van der Waals surface area (Å²) in [6.07, 6.45) is -0.266. The second-order valence-corrected chi connectivity index (χ2v) is 6.21. The number of carbonyl (C=O) groups is 2. The lowest BCUT2D eigenvalue weighted by molar-refractivity contribution is -0.122. The van der Waals surface area contributed by atoms with E-state index in [4.69, 9.17) is 10.5 Å². The molecule has 0 spiro atoms. The van der Waals surface area contributed by atoms with Crippen molar-refractivity contribution in [2.75, 3.05) is 20.2 Å². The summed E-state index contributed by atoms with van der Waals surface area (Å²) in [6, 6.07) is 15.6. The van der Waals surface area contributed by atoms with E-state index in [0.29, 0.717) is 13.0 Å². The molecule has 0 aromatic heterocycles. The van der Waals surface area contributed by atoms with Crippen molar-refractivity contribution in [1.29, 1.82) is 0 Å². The maximum Gasteiger partial charge on any atom is 0.407 e. The molecule has 6 nitrogen and oxygen atoms in total. The van der Waals surface area contributed by atoms with Gasteiger partial charge in [-0.15, -0.1) is 0 Å². The van der Waals surface area contributed by atoms with E-state index in [-0.39, 0.29) is 18.4 Å². The predicted octanol–water partition coefficient (Wildman–Crippen LogP) is 1.99. The third-order valence-corrected chi connectivity index (χ3v) is 4.65. The standard InChI is InChI=1S/C20H23N3O3/c1-22-19(24)18(10-11-21)23-20(25)26-12-17-15-8-4-2-6-13(15)14-7-3-5-9-16(14)17/h2-9,17-18H,10-12,21H2,1H3,(H,22,24)(H,23,25)/t18-/m1/s1. The Morgan fingerprint density at radius 1 is 1.08 bits per heavy atom. The third-order valence-electron chi connectivity index (χ3n) is 4.65. The van der Waals surface area contributed by atoms with Gasteiger partial charge < -0.3 is 21.1 Å². The summed E-state index contributed by atoms with van der Waals surface area (Å²) in [6.45, 7) is 0.505. The molecule has 0 unspecified atom stereocenters. The summed E-state index contributed by atoms with van der Waals surface area (Å²) >= 11 is 0. The third kappa shape index (κ3) is 3.55. The van der Waals surface area contributed by atoms with Crippen LogP contribution in [0.1, 0.15) is 23.5 Å². The normalized spacial score (nSPS) is 13.5. The Labute approximate surface area is 152 Å². The fourth-order valence-electron chi connectivity index (χ4n) is 3.39. The van der Waals surface area contributed by atoms with Crippen LogP contribution in [0.25, 0.3) is 11.1 Å². The molecular weight excluding hydrogens is 330 g/mol. The van der Waals surface area contributed by atoms with Crippen LogP contribution in [0.2, 0.25) is 0 Å². The summed E-state index contributed by atoms with van der Waals surface area (Å²) in [5.41, 5.74) is 10.1. The Balaban J connectivity index is 1.70. The van der Waals surface area contributed by atoms with Gasteiger partial charge in [0.25, 0.3) is 0 Å². The maximum atomic E-state index is 12.2. The minimum atomic E-state index is -0.694. The van der Waals surface area contributed by atoms with Gasteiger partial charge in [-0.2, -0.15) is 0 Å². The molecule has 0 fully saturated rings. The number of amides is 2. The van der Waals surface area contributed by atoms with Gasteiger partial charge in [0.1, 0.15) is 12.6 Å². The van der Waals surface area contributed by atoms with Crippen molar-refractivity contribution in [2.45, 2.75) is 18.4 Å². The second-order valence-electron chi connectivity index (χ2n) is 6.21. The number of nitrogens with one attached hydrogen (secondary N) is 2. The first-order chi connectivity index (χ1) is 12.7. The number of nitrogens with two attached hydrogens (primary N) is 1. The zero-order chi connectivity index (χ0) is 18.5. The Kier molecular flexibility index (Phi) is 5.53. The summed E-state index contributed by atoms with van der Waals surface area (Å²) in [5.74, 6) is -0.301. The highest BCUT2D eigenvalue weighted by molar-refractivity contribution is 5.85. The SMILES string of the molecule is CNC(=O)[C@@H](CCN)NC(=O)OCC1c2ccccc2-c2ccccc21. The van der Waals surface area contributed by atoms with Gasteiger partial charge in [0.05, 0.1) is 0 Å². The lowest BCUT2D eigenvalue weighted by atomic mass is 9.98. The molecular formula is C20H23N3O3. The van der Waals surface area contributed by atoms with Gasteiger partial charge in [-0.3, -0.25) is 4.79 Å². The van der Waals surface area contributed by atoms with Crippen LogP contribution in [-0.4, -0.2) is 38.2 Å². The summed E-state index contributed by atoms with van der Waals surface area (Å²) in [7, 11) is 1.52. The molecule has 26 heavy (non-hydrogen) atoms. The van der Waals surface area contributed by atoms with Crippen molar-refractivity contribution < 1.29 is 14.3 Å². The Bertz CT molecular complexity index is 761. The smallest absolute Gasteiger partial charge is 0.407 e. The Hall–Kier alpha value is -2.86. The number of carbonyl (C=O) groups excluding carboxylic acids is 2. The molecule has 2 aromatic carbocycles. The van der Waals surface area contributed by atoms with Crippen molar-refractivity contribution in [3.63, 3.8) is 0 Å². The molecule has 0 radical (unpaired) electrons. The van der Waals surface area contributed by atoms with Gasteiger partial charge in [0, 0.05) is 13.0 Å². The van der Waals surface area contributed by atoms with Crippen LogP contribution in [-0.2, 0) is 9.53 Å². The van der Waals surface area contributed by atoms with Gasteiger partial charge in [-0.05, 0) is 35.2 Å². The van der Waals surface area contributed by atoms with Crippen LogP contribution in [0.4, 0.5) is 4.79 Å². The van der Waals surface area contributed by atoms with Crippen molar-refractivity contribution in [1.82, 2.24) is 10.6 Å². The van der Waals surface area contributed by atoms with Crippen molar-refractivity contribution in [3.8, 4) is 11.1 Å². The number of benzene rings is 2. The molecule has 3 rings (SSSR count). The first-order valence-corrected chi connectivity index (χ1v) is 8.69. The van der Waals surface area contributed by atoms with E-state index in [0.717, 1.165) is 11.1 Å². The Morgan fingerprint density at radius 3 is 2.19 bits per heavy atom. The van der Waals surface area contributed by atoms with E-state index in [1.165, 1.54) is 18.2 Å². The summed E-state index contributed by atoms with van der Waals surface area (Å²) in [4.78, 5) is 24.0. The number of rotatable bonds is 6. The van der Waals surface area contributed by atoms with Crippen LogP contribution in [0, 0.1) is 0 Å². The van der Waals surface area contributed by atoms with E-state index < -0.39 is 12.1 Å². The second kappa shape index (κ2) is 8.01. The highest BCUT2D eigenvalue weighted by Gasteiger charge is 2.29. The molecule has 2 amide bonds. The quantitative estimate of drug-likeness (QED) is 0.740. The number of ether oxygens (including phenoxy) is 1. The first kappa shape index (κ1) is 17.9. The molecule has 1 atom stereocenters. The molecule has 0 aliphatic heterocycles. The van der Waals surface area contributed by atoms with Gasteiger partial charge in [-0.25, -0.2) is 4.79 Å². The minimum absolute atomic E-state index is 0.0129. The van der Waals surface area contributed by atoms with Crippen molar-refractivity contribution in [3.05, 3.63) is 59.7 Å². The van der Waals surface area contributed by atoms with E-state index in [9.17, 15) is 9.59 Å². The molecule has 0 heterocycles. The topological polar surface area (TPSA) is 93.5 Å². The molecule has 0 saturated heterocycles. The molecule has 2 aromatic rings.